The molecule has 2 atom stereocenters. The highest BCUT2D eigenvalue weighted by molar-refractivity contribution is 5.93. The van der Waals surface area contributed by atoms with Crippen LogP contribution in [-0.2, 0) is 6.54 Å². The topological polar surface area (TPSA) is 99.5 Å². The maximum absolute atomic E-state index is 14.0. The SMILES string of the molecule is O=C(NNc1nc2cc(F)ccc2n2c(CN3CC4CNCC4C3)ccc12)c1ccncn1. The van der Waals surface area contributed by atoms with Gasteiger partial charge < -0.3 is 9.72 Å². The number of likely N-dealkylation sites (tertiary alicyclic amines) is 1. The van der Waals surface area contributed by atoms with Crippen molar-refractivity contribution in [2.75, 3.05) is 31.6 Å². The van der Waals surface area contributed by atoms with Gasteiger partial charge in [0, 0.05) is 37.6 Å². The number of halogens is 1. The van der Waals surface area contributed by atoms with Crippen LogP contribution in [0, 0.1) is 17.7 Å². The Morgan fingerprint density at radius 2 is 1.94 bits per heavy atom. The van der Waals surface area contributed by atoms with E-state index in [1.807, 2.05) is 6.07 Å². The lowest BCUT2D eigenvalue weighted by atomic mass is 10.0. The van der Waals surface area contributed by atoms with Gasteiger partial charge in [-0.2, -0.15) is 0 Å². The first-order valence-electron chi connectivity index (χ1n) is 11.0. The molecule has 0 spiro atoms. The Morgan fingerprint density at radius 1 is 1.12 bits per heavy atom. The van der Waals surface area contributed by atoms with Crippen molar-refractivity contribution in [1.29, 1.82) is 0 Å². The normalized spacial score (nSPS) is 20.4. The summed E-state index contributed by atoms with van der Waals surface area (Å²) in [6.45, 7) is 5.11. The summed E-state index contributed by atoms with van der Waals surface area (Å²) in [4.78, 5) is 27.3. The molecule has 0 aliphatic carbocycles. The molecule has 3 N–H and O–H groups in total. The molecular weight excluding hydrogens is 423 g/mol. The Bertz CT molecular complexity index is 1330. The number of benzene rings is 1. The zero-order chi connectivity index (χ0) is 22.4. The van der Waals surface area contributed by atoms with Crippen LogP contribution in [-0.4, -0.2) is 56.3 Å². The average molecular weight is 446 g/mol. The molecule has 1 aromatic carbocycles. The van der Waals surface area contributed by atoms with Crippen molar-refractivity contribution < 1.29 is 9.18 Å². The standard InChI is InChI=1S/C23H23FN8O/c24-16-1-3-20-19(7-16)28-22(29-30-23(33)18-5-6-25-13-27-18)21-4-2-17(32(20)21)12-31-10-14-8-26-9-15(14)11-31/h1-7,13-15,26H,8-12H2,(H,28,29)(H,30,33). The molecule has 0 radical (unpaired) electrons. The van der Waals surface area contributed by atoms with E-state index in [0.717, 1.165) is 49.5 Å². The van der Waals surface area contributed by atoms with Crippen LogP contribution in [0.3, 0.4) is 0 Å². The molecule has 6 rings (SSSR count). The van der Waals surface area contributed by atoms with E-state index in [1.54, 1.807) is 6.07 Å². The number of rotatable bonds is 5. The molecule has 2 aliphatic rings. The minimum Gasteiger partial charge on any atom is -0.316 e. The second-order valence-electron chi connectivity index (χ2n) is 8.69. The average Bonchev–Trinajstić information content (AvgIpc) is 3.53. The van der Waals surface area contributed by atoms with E-state index in [9.17, 15) is 9.18 Å². The van der Waals surface area contributed by atoms with Gasteiger partial charge in [0.1, 0.15) is 17.8 Å². The van der Waals surface area contributed by atoms with Gasteiger partial charge in [-0.15, -0.1) is 0 Å². The Hall–Kier alpha value is -3.63. The van der Waals surface area contributed by atoms with Crippen molar-refractivity contribution >= 4 is 28.3 Å². The van der Waals surface area contributed by atoms with E-state index in [-0.39, 0.29) is 11.5 Å². The van der Waals surface area contributed by atoms with E-state index in [0.29, 0.717) is 23.2 Å². The summed E-state index contributed by atoms with van der Waals surface area (Å²) >= 11 is 0. The van der Waals surface area contributed by atoms with Gasteiger partial charge in [-0.25, -0.2) is 19.3 Å². The number of carbonyl (C=O) groups is 1. The number of carbonyl (C=O) groups excluding carboxylic acids is 1. The van der Waals surface area contributed by atoms with Crippen LogP contribution in [0.1, 0.15) is 16.2 Å². The number of hydrogen-bond acceptors (Lipinski definition) is 7. The monoisotopic (exact) mass is 446 g/mol. The lowest BCUT2D eigenvalue weighted by molar-refractivity contribution is 0.0957. The Labute approximate surface area is 189 Å². The first-order valence-corrected chi connectivity index (χ1v) is 11.0. The number of fused-ring (bicyclic) bond motifs is 4. The smallest absolute Gasteiger partial charge is 0.288 e. The number of amides is 1. The second kappa shape index (κ2) is 8.05. The number of aromatic nitrogens is 4. The molecular formula is C23H23FN8O. The summed E-state index contributed by atoms with van der Waals surface area (Å²) < 4.78 is 16.1. The highest BCUT2D eigenvalue weighted by atomic mass is 19.1. The van der Waals surface area contributed by atoms with Crippen LogP contribution in [0.2, 0.25) is 0 Å². The fraction of sp³-hybridized carbons (Fsp3) is 0.304. The first kappa shape index (κ1) is 20.0. The molecule has 0 saturated carbocycles. The van der Waals surface area contributed by atoms with Crippen molar-refractivity contribution in [2.45, 2.75) is 6.54 Å². The molecule has 10 heteroatoms. The minimum atomic E-state index is -0.416. The molecule has 4 aromatic rings. The third kappa shape index (κ3) is 3.66. The Morgan fingerprint density at radius 3 is 2.73 bits per heavy atom. The number of hydrazine groups is 1. The summed E-state index contributed by atoms with van der Waals surface area (Å²) in [5.74, 6) is 1.07. The first-order chi connectivity index (χ1) is 16.2. The molecule has 0 bridgehead atoms. The van der Waals surface area contributed by atoms with Gasteiger partial charge >= 0.3 is 0 Å². The van der Waals surface area contributed by atoms with Crippen LogP contribution >= 0.6 is 0 Å². The van der Waals surface area contributed by atoms with E-state index in [2.05, 4.69) is 46.5 Å². The highest BCUT2D eigenvalue weighted by Gasteiger charge is 2.36. The predicted octanol–water partition coefficient (Wildman–Crippen LogP) is 1.82. The molecule has 2 saturated heterocycles. The quantitative estimate of drug-likeness (QED) is 0.402. The third-order valence-corrected chi connectivity index (χ3v) is 6.57. The van der Waals surface area contributed by atoms with Crippen molar-refractivity contribution in [3.05, 3.63) is 66.1 Å². The summed E-state index contributed by atoms with van der Waals surface area (Å²) in [7, 11) is 0. The van der Waals surface area contributed by atoms with Crippen LogP contribution in [0.15, 0.2) is 48.9 Å². The van der Waals surface area contributed by atoms with E-state index in [4.69, 9.17) is 0 Å². The molecule has 2 aliphatic heterocycles. The van der Waals surface area contributed by atoms with E-state index in [1.165, 1.54) is 30.7 Å². The predicted molar refractivity (Wildman–Crippen MR) is 121 cm³/mol. The lowest BCUT2D eigenvalue weighted by Crippen LogP contribution is -2.30. The van der Waals surface area contributed by atoms with Gasteiger partial charge in [-0.05, 0) is 55.3 Å². The maximum Gasteiger partial charge on any atom is 0.288 e. The van der Waals surface area contributed by atoms with Gasteiger partial charge in [-0.1, -0.05) is 0 Å². The van der Waals surface area contributed by atoms with Gasteiger partial charge in [0.05, 0.1) is 16.6 Å². The lowest BCUT2D eigenvalue weighted by Gasteiger charge is -2.18. The van der Waals surface area contributed by atoms with Gasteiger partial charge in [-0.3, -0.25) is 20.5 Å². The van der Waals surface area contributed by atoms with Crippen LogP contribution in [0.4, 0.5) is 10.2 Å². The van der Waals surface area contributed by atoms with Crippen molar-refractivity contribution in [1.82, 2.24) is 35.0 Å². The summed E-state index contributed by atoms with van der Waals surface area (Å²) in [5, 5.41) is 3.48. The van der Waals surface area contributed by atoms with Gasteiger partial charge in [0.2, 0.25) is 0 Å². The summed E-state index contributed by atoms with van der Waals surface area (Å²) in [5.41, 5.74) is 8.98. The van der Waals surface area contributed by atoms with Crippen molar-refractivity contribution in [2.24, 2.45) is 11.8 Å². The summed E-state index contributed by atoms with van der Waals surface area (Å²) in [6.07, 6.45) is 2.81. The molecule has 2 fully saturated rings. The maximum atomic E-state index is 14.0. The van der Waals surface area contributed by atoms with Crippen molar-refractivity contribution in [3.8, 4) is 0 Å². The summed E-state index contributed by atoms with van der Waals surface area (Å²) in [6, 6.07) is 10.2. The van der Waals surface area contributed by atoms with Crippen LogP contribution in [0.5, 0.6) is 0 Å². The molecule has 33 heavy (non-hydrogen) atoms. The number of nitrogens with one attached hydrogen (secondary N) is 3. The number of nitrogens with zero attached hydrogens (tertiary/aromatic N) is 5. The van der Waals surface area contributed by atoms with Gasteiger partial charge in [0.15, 0.2) is 5.82 Å². The van der Waals surface area contributed by atoms with Crippen LogP contribution in [0.25, 0.3) is 16.6 Å². The molecule has 2 unspecified atom stereocenters. The molecule has 3 aromatic heterocycles. The third-order valence-electron chi connectivity index (χ3n) is 6.57. The highest BCUT2D eigenvalue weighted by Crippen LogP contribution is 2.30. The number of hydrogen-bond donors (Lipinski definition) is 3. The Kier molecular flexibility index (Phi) is 4.88. The molecule has 1 amide bonds. The molecule has 168 valence electrons. The minimum absolute atomic E-state index is 0.227. The molecule has 9 nitrogen and oxygen atoms in total. The van der Waals surface area contributed by atoms with E-state index < -0.39 is 5.91 Å². The van der Waals surface area contributed by atoms with Gasteiger partial charge in [0.25, 0.3) is 5.91 Å². The van der Waals surface area contributed by atoms with Crippen LogP contribution < -0.4 is 16.2 Å². The fourth-order valence-electron chi connectivity index (χ4n) is 5.03. The molecule has 5 heterocycles. The number of anilines is 1. The fourth-order valence-corrected chi connectivity index (χ4v) is 5.03. The largest absolute Gasteiger partial charge is 0.316 e. The van der Waals surface area contributed by atoms with E-state index >= 15 is 0 Å². The zero-order valence-corrected chi connectivity index (χ0v) is 17.8. The van der Waals surface area contributed by atoms with Crippen molar-refractivity contribution in [3.63, 3.8) is 0 Å². The second-order valence-corrected chi connectivity index (χ2v) is 8.69. The zero-order valence-electron chi connectivity index (χ0n) is 17.8. The Balaban J connectivity index is 1.34.